The van der Waals surface area contributed by atoms with Crippen molar-refractivity contribution in [3.63, 3.8) is 0 Å². The second kappa shape index (κ2) is 4.86. The Bertz CT molecular complexity index is 796. The molecule has 0 fully saturated rings. The standard InChI is InChI=1S/C13H13N5O2/c1-2-20-6-9-15-5-7-3-4-8-11(10(7)16-9)17-18-12(8)13(14)19/h3-5H,2,6H2,1H3,(H2,14,19)(H,17,18). The number of aromatic amines is 1. The Labute approximate surface area is 114 Å². The Hall–Kier alpha value is -2.54. The summed E-state index contributed by atoms with van der Waals surface area (Å²) in [6.45, 7) is 2.85. The van der Waals surface area contributed by atoms with Crippen LogP contribution in [-0.2, 0) is 11.3 Å². The fraction of sp³-hybridized carbons (Fsp3) is 0.231. The zero-order valence-corrected chi connectivity index (χ0v) is 10.9. The van der Waals surface area contributed by atoms with Crippen molar-refractivity contribution >= 4 is 27.7 Å². The van der Waals surface area contributed by atoms with Crippen molar-refractivity contribution < 1.29 is 9.53 Å². The lowest BCUT2D eigenvalue weighted by Gasteiger charge is -2.02. The molecule has 0 saturated carbocycles. The van der Waals surface area contributed by atoms with E-state index < -0.39 is 5.91 Å². The van der Waals surface area contributed by atoms with Crippen molar-refractivity contribution in [1.29, 1.82) is 0 Å². The van der Waals surface area contributed by atoms with E-state index in [2.05, 4.69) is 20.2 Å². The van der Waals surface area contributed by atoms with E-state index in [9.17, 15) is 4.79 Å². The molecular formula is C13H13N5O2. The van der Waals surface area contributed by atoms with Gasteiger partial charge in [0.15, 0.2) is 5.82 Å². The molecule has 0 radical (unpaired) electrons. The summed E-state index contributed by atoms with van der Waals surface area (Å²) in [5.41, 5.74) is 6.87. The summed E-state index contributed by atoms with van der Waals surface area (Å²) in [5, 5.41) is 8.29. The van der Waals surface area contributed by atoms with Crippen LogP contribution in [0.4, 0.5) is 0 Å². The number of benzene rings is 1. The highest BCUT2D eigenvalue weighted by Crippen LogP contribution is 2.23. The van der Waals surface area contributed by atoms with E-state index in [-0.39, 0.29) is 5.69 Å². The highest BCUT2D eigenvalue weighted by atomic mass is 16.5. The van der Waals surface area contributed by atoms with Crippen LogP contribution in [0.1, 0.15) is 23.2 Å². The molecule has 0 spiro atoms. The summed E-state index contributed by atoms with van der Waals surface area (Å²) in [4.78, 5) is 20.0. The highest BCUT2D eigenvalue weighted by Gasteiger charge is 2.14. The number of rotatable bonds is 4. The lowest BCUT2D eigenvalue weighted by molar-refractivity contribution is 0.0997. The third-order valence-corrected chi connectivity index (χ3v) is 3.01. The van der Waals surface area contributed by atoms with E-state index in [0.717, 1.165) is 5.39 Å². The molecule has 102 valence electrons. The van der Waals surface area contributed by atoms with Crippen LogP contribution in [0, 0.1) is 0 Å². The van der Waals surface area contributed by atoms with Gasteiger partial charge >= 0.3 is 0 Å². The molecule has 2 aromatic heterocycles. The quantitative estimate of drug-likeness (QED) is 0.740. The fourth-order valence-electron chi connectivity index (χ4n) is 2.06. The zero-order chi connectivity index (χ0) is 14.1. The molecule has 3 aromatic rings. The van der Waals surface area contributed by atoms with Crippen LogP contribution in [0.15, 0.2) is 18.3 Å². The molecule has 0 unspecified atom stereocenters. The number of nitrogens with one attached hydrogen (secondary N) is 1. The smallest absolute Gasteiger partial charge is 0.267 e. The number of primary amides is 1. The zero-order valence-electron chi connectivity index (χ0n) is 10.9. The largest absolute Gasteiger partial charge is 0.374 e. The van der Waals surface area contributed by atoms with Gasteiger partial charge < -0.3 is 10.5 Å². The molecule has 0 bridgehead atoms. The number of nitrogens with two attached hydrogens (primary N) is 1. The van der Waals surface area contributed by atoms with Gasteiger partial charge in [-0.2, -0.15) is 5.10 Å². The van der Waals surface area contributed by atoms with Crippen molar-refractivity contribution in [2.45, 2.75) is 13.5 Å². The summed E-state index contributed by atoms with van der Waals surface area (Å²) in [6.07, 6.45) is 1.72. The van der Waals surface area contributed by atoms with Gasteiger partial charge in [-0.25, -0.2) is 9.97 Å². The first-order valence-electron chi connectivity index (χ1n) is 6.21. The number of hydrogen-bond donors (Lipinski definition) is 2. The van der Waals surface area contributed by atoms with Gasteiger partial charge in [0.2, 0.25) is 0 Å². The van der Waals surface area contributed by atoms with Gasteiger partial charge in [0.05, 0.1) is 0 Å². The topological polar surface area (TPSA) is 107 Å². The van der Waals surface area contributed by atoms with Gasteiger partial charge in [0.25, 0.3) is 5.91 Å². The molecule has 0 aliphatic rings. The number of carbonyl (C=O) groups is 1. The first-order valence-corrected chi connectivity index (χ1v) is 6.21. The highest BCUT2D eigenvalue weighted by molar-refractivity contribution is 6.11. The minimum Gasteiger partial charge on any atom is -0.374 e. The maximum Gasteiger partial charge on any atom is 0.267 e. The van der Waals surface area contributed by atoms with Crippen LogP contribution in [0.2, 0.25) is 0 Å². The Balaban J connectivity index is 2.20. The molecule has 7 nitrogen and oxygen atoms in total. The van der Waals surface area contributed by atoms with Gasteiger partial charge in [-0.1, -0.05) is 6.07 Å². The average Bonchev–Trinajstić information content (AvgIpc) is 2.89. The molecule has 3 rings (SSSR count). The number of amides is 1. The summed E-state index contributed by atoms with van der Waals surface area (Å²) in [6, 6.07) is 3.62. The van der Waals surface area contributed by atoms with Crippen molar-refractivity contribution in [1.82, 2.24) is 20.2 Å². The monoisotopic (exact) mass is 271 g/mol. The van der Waals surface area contributed by atoms with Crippen molar-refractivity contribution in [3.8, 4) is 0 Å². The SMILES string of the molecule is CCOCc1ncc2ccc3c(C(N)=O)[nH]nc3c2n1. The van der Waals surface area contributed by atoms with Gasteiger partial charge in [0, 0.05) is 23.6 Å². The third kappa shape index (κ3) is 1.97. The molecule has 20 heavy (non-hydrogen) atoms. The molecule has 0 saturated heterocycles. The maximum atomic E-state index is 11.3. The number of H-pyrrole nitrogens is 1. The van der Waals surface area contributed by atoms with Gasteiger partial charge in [0.1, 0.15) is 23.3 Å². The van der Waals surface area contributed by atoms with E-state index >= 15 is 0 Å². The van der Waals surface area contributed by atoms with Crippen molar-refractivity contribution in [2.75, 3.05) is 6.61 Å². The van der Waals surface area contributed by atoms with Crippen LogP contribution in [0.25, 0.3) is 21.8 Å². The van der Waals surface area contributed by atoms with E-state index in [1.165, 1.54) is 0 Å². The molecule has 7 heteroatoms. The predicted octanol–water partition coefficient (Wildman–Crippen LogP) is 1.14. The lowest BCUT2D eigenvalue weighted by atomic mass is 10.1. The fourth-order valence-corrected chi connectivity index (χ4v) is 2.06. The number of fused-ring (bicyclic) bond motifs is 3. The Kier molecular flexibility index (Phi) is 3.03. The van der Waals surface area contributed by atoms with Gasteiger partial charge in [-0.15, -0.1) is 0 Å². The third-order valence-electron chi connectivity index (χ3n) is 3.01. The van der Waals surface area contributed by atoms with Crippen LogP contribution in [0.3, 0.4) is 0 Å². The first-order chi connectivity index (χ1) is 9.70. The Morgan fingerprint density at radius 3 is 3.00 bits per heavy atom. The van der Waals surface area contributed by atoms with E-state index in [4.69, 9.17) is 10.5 Å². The van der Waals surface area contributed by atoms with Crippen LogP contribution >= 0.6 is 0 Å². The second-order valence-electron chi connectivity index (χ2n) is 4.29. The number of hydrogen-bond acceptors (Lipinski definition) is 5. The summed E-state index contributed by atoms with van der Waals surface area (Å²) in [5.74, 6) is 0.0333. The minimum absolute atomic E-state index is 0.284. The predicted molar refractivity (Wildman–Crippen MR) is 73.0 cm³/mol. The van der Waals surface area contributed by atoms with E-state index in [1.807, 2.05) is 13.0 Å². The number of aromatic nitrogens is 4. The van der Waals surface area contributed by atoms with Crippen LogP contribution in [-0.4, -0.2) is 32.7 Å². The first kappa shape index (κ1) is 12.5. The molecule has 2 heterocycles. The van der Waals surface area contributed by atoms with Crippen LogP contribution in [0.5, 0.6) is 0 Å². The molecule has 0 aliphatic heterocycles. The minimum atomic E-state index is -0.546. The Morgan fingerprint density at radius 2 is 2.25 bits per heavy atom. The van der Waals surface area contributed by atoms with E-state index in [0.29, 0.717) is 35.5 Å². The molecule has 1 amide bonds. The average molecular weight is 271 g/mol. The number of ether oxygens (including phenoxy) is 1. The van der Waals surface area contributed by atoms with Crippen molar-refractivity contribution in [3.05, 3.63) is 29.8 Å². The number of carbonyl (C=O) groups excluding carboxylic acids is 1. The summed E-state index contributed by atoms with van der Waals surface area (Å²) < 4.78 is 5.30. The summed E-state index contributed by atoms with van der Waals surface area (Å²) >= 11 is 0. The van der Waals surface area contributed by atoms with Crippen molar-refractivity contribution in [2.24, 2.45) is 5.73 Å². The normalized spacial score (nSPS) is 11.2. The maximum absolute atomic E-state index is 11.3. The molecule has 0 atom stereocenters. The second-order valence-corrected chi connectivity index (χ2v) is 4.29. The van der Waals surface area contributed by atoms with Crippen LogP contribution < -0.4 is 5.73 Å². The number of nitrogens with zero attached hydrogens (tertiary/aromatic N) is 3. The molecule has 1 aromatic carbocycles. The lowest BCUT2D eigenvalue weighted by Crippen LogP contribution is -2.11. The molecular weight excluding hydrogens is 258 g/mol. The van der Waals surface area contributed by atoms with Gasteiger partial charge in [-0.05, 0) is 13.0 Å². The summed E-state index contributed by atoms with van der Waals surface area (Å²) in [7, 11) is 0. The molecule has 0 aliphatic carbocycles. The van der Waals surface area contributed by atoms with Gasteiger partial charge in [-0.3, -0.25) is 9.89 Å². The van der Waals surface area contributed by atoms with E-state index in [1.54, 1.807) is 12.3 Å². The Morgan fingerprint density at radius 1 is 1.40 bits per heavy atom. The molecule has 3 N–H and O–H groups in total.